The molecule has 0 aliphatic heterocycles. The number of fused-ring (bicyclic) bond motifs is 2. The second-order valence-corrected chi connectivity index (χ2v) is 11.5. The van der Waals surface area contributed by atoms with Gasteiger partial charge in [-0.05, 0) is 74.3 Å². The lowest BCUT2D eigenvalue weighted by Crippen LogP contribution is -2.33. The number of hydrogen-bond donors (Lipinski definition) is 1. The Balaban J connectivity index is 1.45. The van der Waals surface area contributed by atoms with E-state index in [4.69, 9.17) is 28.2 Å². The number of alkyl halides is 2. The number of imidazole rings is 1. The summed E-state index contributed by atoms with van der Waals surface area (Å²) in [6.45, 7) is 1.86. The highest BCUT2D eigenvalue weighted by Gasteiger charge is 2.38. The number of carbonyl (C=O) groups excluding carboxylic acids is 1. The predicted octanol–water partition coefficient (Wildman–Crippen LogP) is 8.11. The molecule has 0 radical (unpaired) electrons. The highest BCUT2D eigenvalue weighted by atomic mass is 35.5. The molecule has 202 valence electrons. The molecule has 2 aromatic carbocycles. The van der Waals surface area contributed by atoms with Crippen LogP contribution in [0.2, 0.25) is 10.0 Å². The Kier molecular flexibility index (Phi) is 6.84. The van der Waals surface area contributed by atoms with Crippen LogP contribution in [0.3, 0.4) is 0 Å². The third-order valence-electron chi connectivity index (χ3n) is 8.04. The number of aromatic nitrogens is 3. The van der Waals surface area contributed by atoms with E-state index in [1.165, 1.54) is 5.56 Å². The van der Waals surface area contributed by atoms with Crippen molar-refractivity contribution in [2.24, 2.45) is 0 Å². The quantitative estimate of drug-likeness (QED) is 0.270. The van der Waals surface area contributed by atoms with E-state index < -0.39 is 5.92 Å². The van der Waals surface area contributed by atoms with E-state index in [0.717, 1.165) is 30.4 Å². The zero-order chi connectivity index (χ0) is 27.3. The zero-order valence-corrected chi connectivity index (χ0v) is 23.0. The topological polar surface area (TPSA) is 59.3 Å². The molecule has 0 unspecified atom stereocenters. The van der Waals surface area contributed by atoms with Crippen molar-refractivity contribution >= 4 is 34.8 Å². The summed E-state index contributed by atoms with van der Waals surface area (Å²) < 4.78 is 30.0. The molecule has 2 aromatic heterocycles. The van der Waals surface area contributed by atoms with Gasteiger partial charge in [0, 0.05) is 34.0 Å². The summed E-state index contributed by atoms with van der Waals surface area (Å²) in [5.41, 5.74) is 6.05. The lowest BCUT2D eigenvalue weighted by atomic mass is 9.81. The molecule has 0 saturated heterocycles. The van der Waals surface area contributed by atoms with E-state index >= 15 is 0 Å². The first-order chi connectivity index (χ1) is 18.7. The molecule has 4 aromatic rings. The Bertz CT molecular complexity index is 1550. The smallest absolute Gasteiger partial charge is 0.253 e. The highest BCUT2D eigenvalue weighted by molar-refractivity contribution is 6.35. The summed E-state index contributed by atoms with van der Waals surface area (Å²) in [5.74, 6) is -3.19. The van der Waals surface area contributed by atoms with Gasteiger partial charge in [0.2, 0.25) is 5.92 Å². The first-order valence-electron chi connectivity index (χ1n) is 13.3. The first kappa shape index (κ1) is 26.2. The van der Waals surface area contributed by atoms with Crippen LogP contribution in [0.15, 0.2) is 48.7 Å². The highest BCUT2D eigenvalue weighted by Crippen LogP contribution is 2.44. The molecule has 5 nitrogen and oxygen atoms in total. The SMILES string of the molecule is Cc1nc2c(C3CCC(F)(F)CC3)c(C(=O)N[C@H]3CCCc4ccccc43)cnn2c1-c1cc(Cl)cc(Cl)c1. The van der Waals surface area contributed by atoms with Gasteiger partial charge < -0.3 is 5.32 Å². The first-order valence-corrected chi connectivity index (χ1v) is 14.1. The molecule has 2 aliphatic carbocycles. The molecule has 1 atom stereocenters. The molecule has 1 saturated carbocycles. The van der Waals surface area contributed by atoms with E-state index in [9.17, 15) is 13.6 Å². The Morgan fingerprint density at radius 3 is 2.54 bits per heavy atom. The maximum absolute atomic E-state index is 14.1. The molecule has 1 fully saturated rings. The van der Waals surface area contributed by atoms with Crippen molar-refractivity contribution in [1.82, 2.24) is 19.9 Å². The van der Waals surface area contributed by atoms with Crippen molar-refractivity contribution in [1.29, 1.82) is 0 Å². The molecule has 0 bridgehead atoms. The van der Waals surface area contributed by atoms with E-state index in [2.05, 4.69) is 22.5 Å². The number of benzene rings is 2. The predicted molar refractivity (Wildman–Crippen MR) is 149 cm³/mol. The van der Waals surface area contributed by atoms with Gasteiger partial charge >= 0.3 is 0 Å². The zero-order valence-electron chi connectivity index (χ0n) is 21.5. The number of halogens is 4. The molecular weight excluding hydrogens is 541 g/mol. The van der Waals surface area contributed by atoms with E-state index in [1.54, 1.807) is 28.9 Å². The monoisotopic (exact) mass is 568 g/mol. The van der Waals surface area contributed by atoms with Gasteiger partial charge in [0.1, 0.15) is 0 Å². The standard InChI is InChI=1S/C30H28Cl2F2N4O/c1-17-27(20-13-21(31)15-22(32)14-20)38-28(36-17)26(19-9-11-30(33,34)12-10-19)24(16-35-38)29(39)37-25-8-4-6-18-5-2-3-7-23(18)25/h2-3,5,7,13-16,19,25H,4,6,8-12H2,1H3,(H,37,39)/t25-/m0/s1. The van der Waals surface area contributed by atoms with Crippen LogP contribution in [0.4, 0.5) is 8.78 Å². The minimum Gasteiger partial charge on any atom is -0.345 e. The minimum absolute atomic E-state index is 0.118. The summed E-state index contributed by atoms with van der Waals surface area (Å²) in [4.78, 5) is 18.7. The van der Waals surface area contributed by atoms with Gasteiger partial charge in [0.05, 0.1) is 29.2 Å². The van der Waals surface area contributed by atoms with Crippen LogP contribution in [0.1, 0.15) is 83.2 Å². The Labute approximate surface area is 235 Å². The maximum atomic E-state index is 14.1. The van der Waals surface area contributed by atoms with Gasteiger partial charge in [-0.25, -0.2) is 18.3 Å². The number of aryl methyl sites for hydroxylation is 2. The lowest BCUT2D eigenvalue weighted by Gasteiger charge is -2.30. The van der Waals surface area contributed by atoms with Gasteiger partial charge in [0.25, 0.3) is 5.91 Å². The molecule has 0 spiro atoms. The van der Waals surface area contributed by atoms with Crippen LogP contribution in [-0.2, 0) is 6.42 Å². The minimum atomic E-state index is -2.69. The lowest BCUT2D eigenvalue weighted by molar-refractivity contribution is -0.0381. The molecule has 1 amide bonds. The second-order valence-electron chi connectivity index (χ2n) is 10.7. The molecule has 39 heavy (non-hydrogen) atoms. The summed E-state index contributed by atoms with van der Waals surface area (Å²) in [5, 5.41) is 8.81. The molecule has 6 rings (SSSR count). The van der Waals surface area contributed by atoms with Gasteiger partial charge in [-0.1, -0.05) is 47.5 Å². The van der Waals surface area contributed by atoms with E-state index in [0.29, 0.717) is 38.2 Å². The van der Waals surface area contributed by atoms with Gasteiger partial charge in [-0.2, -0.15) is 5.10 Å². The summed E-state index contributed by atoms with van der Waals surface area (Å²) in [7, 11) is 0. The van der Waals surface area contributed by atoms with Crippen LogP contribution in [0.5, 0.6) is 0 Å². The van der Waals surface area contributed by atoms with Crippen LogP contribution >= 0.6 is 23.2 Å². The fraction of sp³-hybridized carbons (Fsp3) is 0.367. The number of nitrogens with zero attached hydrogens (tertiary/aromatic N) is 3. The third kappa shape index (κ3) is 5.03. The number of carbonyl (C=O) groups is 1. The van der Waals surface area contributed by atoms with Gasteiger partial charge in [-0.15, -0.1) is 0 Å². The summed E-state index contributed by atoms with van der Waals surface area (Å²) >= 11 is 12.6. The average molecular weight is 569 g/mol. The number of amides is 1. The largest absolute Gasteiger partial charge is 0.345 e. The fourth-order valence-electron chi connectivity index (χ4n) is 6.18. The van der Waals surface area contributed by atoms with Gasteiger partial charge in [0.15, 0.2) is 5.65 Å². The third-order valence-corrected chi connectivity index (χ3v) is 8.48. The Morgan fingerprint density at radius 1 is 1.08 bits per heavy atom. The van der Waals surface area contributed by atoms with E-state index in [1.807, 2.05) is 19.1 Å². The maximum Gasteiger partial charge on any atom is 0.253 e. The van der Waals surface area contributed by atoms with E-state index in [-0.39, 0.29) is 43.6 Å². The Morgan fingerprint density at radius 2 is 1.79 bits per heavy atom. The van der Waals surface area contributed by atoms with Crippen LogP contribution in [-0.4, -0.2) is 26.4 Å². The number of nitrogens with one attached hydrogen (secondary N) is 1. The molecule has 1 N–H and O–H groups in total. The van der Waals surface area contributed by atoms with Crippen LogP contribution < -0.4 is 5.32 Å². The van der Waals surface area contributed by atoms with Crippen molar-refractivity contribution in [2.75, 3.05) is 0 Å². The molecule has 2 heterocycles. The molecular formula is C30H28Cl2F2N4O. The van der Waals surface area contributed by atoms with Crippen molar-refractivity contribution < 1.29 is 13.6 Å². The fourth-order valence-corrected chi connectivity index (χ4v) is 6.71. The number of rotatable bonds is 4. The summed E-state index contributed by atoms with van der Waals surface area (Å²) in [6, 6.07) is 13.3. The normalized spacial score (nSPS) is 19.2. The van der Waals surface area contributed by atoms with Crippen molar-refractivity contribution in [3.63, 3.8) is 0 Å². The van der Waals surface area contributed by atoms with Crippen molar-refractivity contribution in [3.8, 4) is 11.3 Å². The number of hydrogen-bond acceptors (Lipinski definition) is 3. The second kappa shape index (κ2) is 10.2. The van der Waals surface area contributed by atoms with Crippen LogP contribution in [0.25, 0.3) is 16.9 Å². The van der Waals surface area contributed by atoms with Gasteiger partial charge in [-0.3, -0.25) is 4.79 Å². The molecule has 2 aliphatic rings. The van der Waals surface area contributed by atoms with Crippen molar-refractivity contribution in [2.45, 2.75) is 69.8 Å². The molecule has 9 heteroatoms. The summed E-state index contributed by atoms with van der Waals surface area (Å²) in [6.07, 6.45) is 4.45. The van der Waals surface area contributed by atoms with Crippen LogP contribution in [0, 0.1) is 6.92 Å². The average Bonchev–Trinajstić information content (AvgIpc) is 3.24. The van der Waals surface area contributed by atoms with Crippen molar-refractivity contribution in [3.05, 3.63) is 86.7 Å². The Hall–Kier alpha value is -3.03.